The van der Waals surface area contributed by atoms with Gasteiger partial charge in [-0.3, -0.25) is 4.90 Å². The molecule has 0 bridgehead atoms. The van der Waals surface area contributed by atoms with Gasteiger partial charge < -0.3 is 20.6 Å². The standard InChI is InChI=1S/C27H25ClN4O3/c1-27(2,29)17-5-8-19(9-6-17)30-24(23-21-12-7-18(28)15-22(21)31-25(23)33)16-3-10-20(11-4-16)32-13-14-35-26(32)34/h3-12,15,31,33H,13-14,29H2,1-2H3. The first-order valence-electron chi connectivity index (χ1n) is 11.2. The smallest absolute Gasteiger partial charge is 0.414 e. The zero-order chi connectivity index (χ0) is 24.7. The van der Waals surface area contributed by atoms with Crippen LogP contribution < -0.4 is 10.6 Å². The van der Waals surface area contributed by atoms with E-state index in [-0.39, 0.29) is 12.0 Å². The Morgan fingerprint density at radius 3 is 2.46 bits per heavy atom. The maximum atomic E-state index is 12.0. The van der Waals surface area contributed by atoms with Crippen LogP contribution in [0.25, 0.3) is 10.9 Å². The number of nitrogens with one attached hydrogen (secondary N) is 1. The van der Waals surface area contributed by atoms with E-state index >= 15 is 0 Å². The van der Waals surface area contributed by atoms with Crippen molar-refractivity contribution in [3.05, 3.63) is 88.4 Å². The number of carbonyl (C=O) groups excluding carboxylic acids is 1. The lowest BCUT2D eigenvalue weighted by molar-refractivity contribution is 0.181. The summed E-state index contributed by atoms with van der Waals surface area (Å²) < 4.78 is 5.05. The molecule has 8 heteroatoms. The summed E-state index contributed by atoms with van der Waals surface area (Å²) in [6.07, 6.45) is -0.360. The number of amides is 1. The van der Waals surface area contributed by atoms with Gasteiger partial charge in [0.15, 0.2) is 5.88 Å². The molecule has 0 saturated carbocycles. The van der Waals surface area contributed by atoms with E-state index in [9.17, 15) is 9.90 Å². The Labute approximate surface area is 207 Å². The fourth-order valence-corrected chi connectivity index (χ4v) is 4.35. The molecule has 0 unspecified atom stereocenters. The second kappa shape index (κ2) is 8.76. The Hall–Kier alpha value is -3.81. The number of hydrogen-bond donors (Lipinski definition) is 3. The van der Waals surface area contributed by atoms with Gasteiger partial charge in [-0.05, 0) is 55.8 Å². The number of fused-ring (bicyclic) bond motifs is 1. The second-order valence-corrected chi connectivity index (χ2v) is 9.52. The number of nitrogens with zero attached hydrogens (tertiary/aromatic N) is 2. The molecule has 1 saturated heterocycles. The van der Waals surface area contributed by atoms with Crippen LogP contribution in [0.5, 0.6) is 5.88 Å². The van der Waals surface area contributed by atoms with Crippen molar-refractivity contribution in [2.75, 3.05) is 18.1 Å². The van der Waals surface area contributed by atoms with Crippen LogP contribution >= 0.6 is 11.6 Å². The van der Waals surface area contributed by atoms with Crippen LogP contribution in [0.2, 0.25) is 5.02 Å². The number of aromatic hydroxyl groups is 1. The van der Waals surface area contributed by atoms with Crippen LogP contribution in [0.4, 0.5) is 16.2 Å². The molecule has 1 aliphatic heterocycles. The van der Waals surface area contributed by atoms with Crippen molar-refractivity contribution in [3.63, 3.8) is 0 Å². The molecule has 7 nitrogen and oxygen atoms in total. The Kier molecular flexibility index (Phi) is 5.75. The second-order valence-electron chi connectivity index (χ2n) is 9.08. The van der Waals surface area contributed by atoms with E-state index < -0.39 is 5.54 Å². The first kappa shape index (κ1) is 23.0. The molecule has 0 radical (unpaired) electrons. The lowest BCUT2D eigenvalue weighted by atomic mass is 9.95. The van der Waals surface area contributed by atoms with Crippen LogP contribution in [0.15, 0.2) is 71.7 Å². The Morgan fingerprint density at radius 2 is 1.83 bits per heavy atom. The minimum absolute atomic E-state index is 0.00655. The van der Waals surface area contributed by atoms with Crippen molar-refractivity contribution < 1.29 is 14.6 Å². The SMILES string of the molecule is CC(C)(N)c1ccc(N=C(c2ccc(N3CCOC3=O)cc2)c2c(O)[nH]c3cc(Cl)ccc23)cc1. The van der Waals surface area contributed by atoms with Gasteiger partial charge in [-0.1, -0.05) is 41.9 Å². The molecule has 35 heavy (non-hydrogen) atoms. The molecule has 1 aliphatic rings. The molecule has 1 fully saturated rings. The van der Waals surface area contributed by atoms with Crippen molar-refractivity contribution in [1.82, 2.24) is 4.98 Å². The van der Waals surface area contributed by atoms with E-state index in [2.05, 4.69) is 4.98 Å². The average molecular weight is 489 g/mol. The molecule has 1 amide bonds. The summed E-state index contributed by atoms with van der Waals surface area (Å²) in [6, 6.07) is 20.6. The number of rotatable bonds is 5. The first-order valence-corrected chi connectivity index (χ1v) is 11.6. The maximum absolute atomic E-state index is 12.0. The molecule has 1 aromatic heterocycles. The number of aliphatic imine (C=N–C) groups is 1. The van der Waals surface area contributed by atoms with Gasteiger partial charge in [0.1, 0.15) is 6.61 Å². The number of aromatic nitrogens is 1. The molecule has 2 heterocycles. The third-order valence-electron chi connectivity index (χ3n) is 6.04. The molecule has 0 aliphatic carbocycles. The largest absolute Gasteiger partial charge is 0.494 e. The molecule has 4 aromatic rings. The number of carbonyl (C=O) groups is 1. The Balaban J connectivity index is 1.63. The lowest BCUT2D eigenvalue weighted by Crippen LogP contribution is -2.28. The van der Waals surface area contributed by atoms with Crippen molar-refractivity contribution in [2.24, 2.45) is 10.7 Å². The molecule has 0 spiro atoms. The molecule has 0 atom stereocenters. The summed E-state index contributed by atoms with van der Waals surface area (Å²) in [5.41, 5.74) is 10.8. The van der Waals surface area contributed by atoms with Gasteiger partial charge in [-0.15, -0.1) is 0 Å². The van der Waals surface area contributed by atoms with E-state index in [1.54, 1.807) is 17.0 Å². The molecular formula is C27H25ClN4O3. The number of cyclic esters (lactones) is 1. The van der Waals surface area contributed by atoms with Gasteiger partial charge in [-0.25, -0.2) is 9.79 Å². The highest BCUT2D eigenvalue weighted by molar-refractivity contribution is 6.31. The normalized spacial score (nSPS) is 14.6. The fraction of sp³-hybridized carbons (Fsp3) is 0.185. The number of aromatic amines is 1. The summed E-state index contributed by atoms with van der Waals surface area (Å²) in [7, 11) is 0. The van der Waals surface area contributed by atoms with Crippen LogP contribution in [-0.2, 0) is 10.3 Å². The predicted octanol–water partition coefficient (Wildman–Crippen LogP) is 5.85. The van der Waals surface area contributed by atoms with Crippen LogP contribution in [0, 0.1) is 0 Å². The average Bonchev–Trinajstić information content (AvgIpc) is 3.39. The fourth-order valence-electron chi connectivity index (χ4n) is 4.18. The van der Waals surface area contributed by atoms with Gasteiger partial charge in [0.25, 0.3) is 0 Å². The number of benzene rings is 3. The van der Waals surface area contributed by atoms with E-state index in [4.69, 9.17) is 27.1 Å². The van der Waals surface area contributed by atoms with Crippen molar-refractivity contribution >= 4 is 45.7 Å². The van der Waals surface area contributed by atoms with Crippen LogP contribution in [0.3, 0.4) is 0 Å². The number of H-pyrrole nitrogens is 1. The minimum atomic E-state index is -0.466. The van der Waals surface area contributed by atoms with Gasteiger partial charge in [0.2, 0.25) is 0 Å². The topological polar surface area (TPSA) is 104 Å². The van der Waals surface area contributed by atoms with Gasteiger partial charge >= 0.3 is 6.09 Å². The Morgan fingerprint density at radius 1 is 1.11 bits per heavy atom. The molecule has 5 rings (SSSR count). The van der Waals surface area contributed by atoms with Crippen molar-refractivity contribution in [3.8, 4) is 5.88 Å². The summed E-state index contributed by atoms with van der Waals surface area (Å²) in [5, 5.41) is 12.2. The van der Waals surface area contributed by atoms with Crippen molar-refractivity contribution in [1.29, 1.82) is 0 Å². The monoisotopic (exact) mass is 488 g/mol. The highest BCUT2D eigenvalue weighted by atomic mass is 35.5. The molecule has 3 aromatic carbocycles. The maximum Gasteiger partial charge on any atom is 0.414 e. The minimum Gasteiger partial charge on any atom is -0.494 e. The molecule has 4 N–H and O–H groups in total. The van der Waals surface area contributed by atoms with Crippen LogP contribution in [0.1, 0.15) is 30.5 Å². The third-order valence-corrected chi connectivity index (χ3v) is 6.28. The zero-order valence-electron chi connectivity index (χ0n) is 19.4. The van der Waals surface area contributed by atoms with Gasteiger partial charge in [-0.2, -0.15) is 0 Å². The van der Waals surface area contributed by atoms with E-state index in [0.29, 0.717) is 40.7 Å². The third kappa shape index (κ3) is 4.48. The summed E-state index contributed by atoms with van der Waals surface area (Å²) >= 11 is 6.17. The van der Waals surface area contributed by atoms with E-state index in [1.807, 2.05) is 68.4 Å². The van der Waals surface area contributed by atoms with E-state index in [1.165, 1.54) is 0 Å². The summed E-state index contributed by atoms with van der Waals surface area (Å²) in [4.78, 5) is 21.5. The zero-order valence-corrected chi connectivity index (χ0v) is 20.1. The first-order chi connectivity index (χ1) is 16.7. The van der Waals surface area contributed by atoms with E-state index in [0.717, 1.165) is 22.2 Å². The van der Waals surface area contributed by atoms with Gasteiger partial charge in [0, 0.05) is 27.2 Å². The number of anilines is 1. The van der Waals surface area contributed by atoms with Gasteiger partial charge in [0.05, 0.1) is 29.0 Å². The summed E-state index contributed by atoms with van der Waals surface area (Å²) in [5.74, 6) is -0.00655. The predicted molar refractivity (Wildman–Crippen MR) is 139 cm³/mol. The van der Waals surface area contributed by atoms with Crippen molar-refractivity contribution in [2.45, 2.75) is 19.4 Å². The van der Waals surface area contributed by atoms with Crippen LogP contribution in [-0.4, -0.2) is 35.0 Å². The Bertz CT molecular complexity index is 1430. The summed E-state index contributed by atoms with van der Waals surface area (Å²) in [6.45, 7) is 4.77. The number of nitrogens with two attached hydrogens (primary N) is 1. The molecule has 178 valence electrons. The lowest BCUT2D eigenvalue weighted by Gasteiger charge is -2.19. The highest BCUT2D eigenvalue weighted by Crippen LogP contribution is 2.34. The number of halogens is 1. The highest BCUT2D eigenvalue weighted by Gasteiger charge is 2.24. The number of ether oxygens (including phenoxy) is 1. The quantitative estimate of drug-likeness (QED) is 0.306. The number of hydrogen-bond acceptors (Lipinski definition) is 5. The molecular weight excluding hydrogens is 464 g/mol.